The smallest absolute Gasteiger partial charge is 0.243 e. The summed E-state index contributed by atoms with van der Waals surface area (Å²) in [5.41, 5.74) is 2.03. The first-order chi connectivity index (χ1) is 17.1. The van der Waals surface area contributed by atoms with Gasteiger partial charge in [-0.1, -0.05) is 45.0 Å². The minimum atomic E-state index is -3.93. The van der Waals surface area contributed by atoms with Gasteiger partial charge in [0.2, 0.25) is 20.0 Å². The molecule has 0 unspecified atom stereocenters. The van der Waals surface area contributed by atoms with E-state index in [1.807, 2.05) is 31.2 Å². The Hall–Kier alpha value is -2.46. The zero-order valence-corrected chi connectivity index (χ0v) is 22.6. The van der Waals surface area contributed by atoms with Crippen LogP contribution in [0, 0.1) is 5.92 Å². The average molecular weight is 531 g/mol. The zero-order valence-electron chi connectivity index (χ0n) is 21.0. The number of benzene rings is 2. The summed E-state index contributed by atoms with van der Waals surface area (Å²) >= 11 is 0. The standard InChI is InChI=1S/C27H34N2O5S2/c1-21(2)24-10-8-23(9-11-24)19-29(20-25-7-5-17-34-25)36(32,33)27-14-12-26(13-15-27)35(30,31)28-16-4-6-22(3)18-28/h5,7-15,17,21-22H,4,6,16,18-20H2,1-3H3/t22-/m0/s1. The summed E-state index contributed by atoms with van der Waals surface area (Å²) in [6, 6.07) is 16.9. The van der Waals surface area contributed by atoms with Crippen molar-refractivity contribution in [2.45, 2.75) is 62.4 Å². The third kappa shape index (κ3) is 5.91. The van der Waals surface area contributed by atoms with Crippen molar-refractivity contribution in [3.63, 3.8) is 0 Å². The first-order valence-electron chi connectivity index (χ1n) is 12.3. The maximum atomic E-state index is 13.7. The molecule has 2 heterocycles. The molecule has 1 fully saturated rings. The Bertz CT molecular complexity index is 1350. The molecule has 3 aromatic rings. The number of sulfonamides is 2. The van der Waals surface area contributed by atoms with Gasteiger partial charge in [-0.05, 0) is 72.2 Å². The molecule has 1 aromatic heterocycles. The van der Waals surface area contributed by atoms with Crippen LogP contribution in [0.4, 0.5) is 0 Å². The van der Waals surface area contributed by atoms with Crippen molar-refractivity contribution >= 4 is 20.0 Å². The van der Waals surface area contributed by atoms with Gasteiger partial charge >= 0.3 is 0 Å². The lowest BCUT2D eigenvalue weighted by molar-refractivity contribution is 0.281. The molecule has 1 atom stereocenters. The lowest BCUT2D eigenvalue weighted by Gasteiger charge is -2.30. The molecular formula is C27H34N2O5S2. The van der Waals surface area contributed by atoms with E-state index >= 15 is 0 Å². The van der Waals surface area contributed by atoms with Crippen molar-refractivity contribution in [2.24, 2.45) is 5.92 Å². The van der Waals surface area contributed by atoms with Crippen LogP contribution in [0.5, 0.6) is 0 Å². The Labute approximate surface area is 214 Å². The SMILES string of the molecule is CC(C)c1ccc(CN(Cc2ccco2)S(=O)(=O)c2ccc(S(=O)(=O)N3CCC[C@H](C)C3)cc2)cc1. The second-order valence-corrected chi connectivity index (χ2v) is 13.7. The van der Waals surface area contributed by atoms with Crippen LogP contribution < -0.4 is 0 Å². The maximum Gasteiger partial charge on any atom is 0.243 e. The van der Waals surface area contributed by atoms with Gasteiger partial charge in [0.05, 0.1) is 22.6 Å². The minimum absolute atomic E-state index is 0.0406. The molecule has 0 radical (unpaired) electrons. The van der Waals surface area contributed by atoms with Crippen molar-refractivity contribution in [3.05, 3.63) is 83.8 Å². The summed E-state index contributed by atoms with van der Waals surface area (Å²) in [6.07, 6.45) is 3.35. The highest BCUT2D eigenvalue weighted by molar-refractivity contribution is 7.89. The van der Waals surface area contributed by atoms with Crippen molar-refractivity contribution in [1.29, 1.82) is 0 Å². The van der Waals surface area contributed by atoms with Gasteiger partial charge in [-0.25, -0.2) is 16.8 Å². The molecule has 2 aromatic carbocycles. The molecule has 1 aliphatic heterocycles. The van der Waals surface area contributed by atoms with Gasteiger partial charge in [-0.15, -0.1) is 0 Å². The molecule has 0 aliphatic carbocycles. The summed E-state index contributed by atoms with van der Waals surface area (Å²) in [4.78, 5) is 0.149. The van der Waals surface area contributed by atoms with E-state index < -0.39 is 20.0 Å². The van der Waals surface area contributed by atoms with Crippen molar-refractivity contribution in [2.75, 3.05) is 13.1 Å². The number of furan rings is 1. The predicted molar refractivity (Wildman–Crippen MR) is 139 cm³/mol. The van der Waals surface area contributed by atoms with Gasteiger partial charge in [-0.2, -0.15) is 8.61 Å². The van der Waals surface area contributed by atoms with Gasteiger partial charge < -0.3 is 4.42 Å². The first kappa shape index (κ1) is 26.6. The van der Waals surface area contributed by atoms with Crippen LogP contribution in [-0.2, 0) is 33.1 Å². The number of nitrogens with zero attached hydrogens (tertiary/aromatic N) is 2. The van der Waals surface area contributed by atoms with E-state index in [-0.39, 0.29) is 22.9 Å². The molecule has 0 spiro atoms. The lowest BCUT2D eigenvalue weighted by atomic mass is 10.0. The van der Waals surface area contributed by atoms with Crippen LogP contribution in [0.15, 0.2) is 81.1 Å². The van der Waals surface area contributed by atoms with Gasteiger partial charge in [0, 0.05) is 19.6 Å². The van der Waals surface area contributed by atoms with Crippen molar-refractivity contribution < 1.29 is 21.3 Å². The molecule has 0 bridgehead atoms. The third-order valence-corrected chi connectivity index (χ3v) is 10.3. The highest BCUT2D eigenvalue weighted by Gasteiger charge is 2.30. The largest absolute Gasteiger partial charge is 0.468 e. The topological polar surface area (TPSA) is 87.9 Å². The summed E-state index contributed by atoms with van der Waals surface area (Å²) < 4.78 is 61.8. The van der Waals surface area contributed by atoms with Gasteiger partial charge in [0.15, 0.2) is 0 Å². The minimum Gasteiger partial charge on any atom is -0.468 e. The molecule has 0 saturated carbocycles. The Morgan fingerprint density at radius 1 is 0.944 bits per heavy atom. The predicted octanol–water partition coefficient (Wildman–Crippen LogP) is 5.21. The van der Waals surface area contributed by atoms with E-state index in [1.165, 1.54) is 44.7 Å². The van der Waals surface area contributed by atoms with E-state index in [2.05, 4.69) is 13.8 Å². The van der Waals surface area contributed by atoms with Gasteiger partial charge in [0.1, 0.15) is 5.76 Å². The van der Waals surface area contributed by atoms with Crippen LogP contribution >= 0.6 is 0 Å². The van der Waals surface area contributed by atoms with E-state index in [4.69, 9.17) is 4.42 Å². The normalized spacial score (nSPS) is 17.6. The summed E-state index contributed by atoms with van der Waals surface area (Å²) in [6.45, 7) is 7.45. The average Bonchev–Trinajstić information content (AvgIpc) is 3.37. The second kappa shape index (κ2) is 10.9. The van der Waals surface area contributed by atoms with E-state index in [9.17, 15) is 16.8 Å². The molecule has 0 N–H and O–H groups in total. The Kier molecular flexibility index (Phi) is 8.04. The molecular weight excluding hydrogens is 496 g/mol. The number of hydrogen-bond donors (Lipinski definition) is 0. The molecule has 1 aliphatic rings. The van der Waals surface area contributed by atoms with Crippen molar-refractivity contribution in [1.82, 2.24) is 8.61 Å². The van der Waals surface area contributed by atoms with Crippen LogP contribution in [0.3, 0.4) is 0 Å². The quantitative estimate of drug-likeness (QED) is 0.379. The Balaban J connectivity index is 1.60. The molecule has 36 heavy (non-hydrogen) atoms. The zero-order chi connectivity index (χ0) is 25.9. The molecule has 0 amide bonds. The number of hydrogen-bond acceptors (Lipinski definition) is 5. The third-order valence-electron chi connectivity index (χ3n) is 6.64. The molecule has 4 rings (SSSR count). The second-order valence-electron chi connectivity index (χ2n) is 9.83. The van der Waals surface area contributed by atoms with Crippen LogP contribution in [0.2, 0.25) is 0 Å². The highest BCUT2D eigenvalue weighted by atomic mass is 32.2. The van der Waals surface area contributed by atoms with Crippen LogP contribution in [0.1, 0.15) is 56.4 Å². The van der Waals surface area contributed by atoms with E-state index in [1.54, 1.807) is 12.1 Å². The van der Waals surface area contributed by atoms with E-state index in [0.717, 1.165) is 18.4 Å². The van der Waals surface area contributed by atoms with Crippen LogP contribution in [0.25, 0.3) is 0 Å². The summed E-state index contributed by atoms with van der Waals surface area (Å²) in [7, 11) is -7.60. The molecule has 7 nitrogen and oxygen atoms in total. The molecule has 1 saturated heterocycles. The maximum absolute atomic E-state index is 13.7. The Morgan fingerprint density at radius 3 is 2.19 bits per heavy atom. The monoisotopic (exact) mass is 530 g/mol. The molecule has 9 heteroatoms. The Morgan fingerprint density at radius 2 is 1.61 bits per heavy atom. The number of piperidine rings is 1. The van der Waals surface area contributed by atoms with Crippen molar-refractivity contribution in [3.8, 4) is 0 Å². The molecule has 194 valence electrons. The fraction of sp³-hybridized carbons (Fsp3) is 0.407. The fourth-order valence-corrected chi connectivity index (χ4v) is 7.45. The van der Waals surface area contributed by atoms with E-state index in [0.29, 0.717) is 30.7 Å². The lowest BCUT2D eigenvalue weighted by Crippen LogP contribution is -2.39. The van der Waals surface area contributed by atoms with Crippen LogP contribution in [-0.4, -0.2) is 38.5 Å². The van der Waals surface area contributed by atoms with Gasteiger partial charge in [-0.3, -0.25) is 0 Å². The number of rotatable bonds is 9. The van der Waals surface area contributed by atoms with Gasteiger partial charge in [0.25, 0.3) is 0 Å². The highest BCUT2D eigenvalue weighted by Crippen LogP contribution is 2.27. The fourth-order valence-electron chi connectivity index (χ4n) is 4.46. The first-order valence-corrected chi connectivity index (χ1v) is 15.2. The summed E-state index contributed by atoms with van der Waals surface area (Å²) in [5.74, 6) is 1.21. The summed E-state index contributed by atoms with van der Waals surface area (Å²) in [5, 5.41) is 0.